The Balaban J connectivity index is 1.31. The molecule has 0 spiro atoms. The van der Waals surface area contributed by atoms with Crippen molar-refractivity contribution in [2.45, 2.75) is 38.3 Å². The Labute approximate surface area is 191 Å². The van der Waals surface area contributed by atoms with Crippen molar-refractivity contribution in [1.82, 2.24) is 14.8 Å². The molecule has 2 aromatic carbocycles. The summed E-state index contributed by atoms with van der Waals surface area (Å²) in [5.41, 5.74) is 5.20. The van der Waals surface area contributed by atoms with Crippen LogP contribution in [0.25, 0.3) is 11.1 Å². The van der Waals surface area contributed by atoms with Crippen molar-refractivity contribution in [3.05, 3.63) is 84.2 Å². The number of aromatic hydroxyl groups is 1. The standard InChI is InChI=1S/C28H33N3O/c1-21-18-31-14-13-30(19-22-5-3-6-24(15-22)23-9-11-29-12-10-23)20-26(31)17-28(21,2)25-7-4-8-27(32)16-25/h3-12,15-16,21,26,32H,13-14,17-20H2,1-2H3/t21-,26+,28+/m0/s1. The maximum Gasteiger partial charge on any atom is 0.115 e. The number of benzene rings is 2. The molecule has 32 heavy (non-hydrogen) atoms. The smallest absolute Gasteiger partial charge is 0.115 e. The molecule has 3 aromatic rings. The van der Waals surface area contributed by atoms with Crippen LogP contribution in [0.5, 0.6) is 5.75 Å². The zero-order valence-corrected chi connectivity index (χ0v) is 19.1. The highest BCUT2D eigenvalue weighted by Crippen LogP contribution is 2.43. The Morgan fingerprint density at radius 3 is 2.59 bits per heavy atom. The van der Waals surface area contributed by atoms with Gasteiger partial charge in [0.15, 0.2) is 0 Å². The Hall–Kier alpha value is -2.69. The summed E-state index contributed by atoms with van der Waals surface area (Å²) in [5.74, 6) is 0.932. The summed E-state index contributed by atoms with van der Waals surface area (Å²) >= 11 is 0. The van der Waals surface area contributed by atoms with E-state index in [0.29, 0.717) is 17.7 Å². The molecule has 0 unspecified atom stereocenters. The largest absolute Gasteiger partial charge is 0.508 e. The average Bonchev–Trinajstić information content (AvgIpc) is 2.81. The van der Waals surface area contributed by atoms with Gasteiger partial charge in [0.25, 0.3) is 0 Å². The lowest BCUT2D eigenvalue weighted by Crippen LogP contribution is -2.60. The Morgan fingerprint density at radius 1 is 0.969 bits per heavy atom. The van der Waals surface area contributed by atoms with Crippen molar-refractivity contribution in [1.29, 1.82) is 0 Å². The fourth-order valence-corrected chi connectivity index (χ4v) is 5.69. The highest BCUT2D eigenvalue weighted by Gasteiger charge is 2.44. The molecule has 2 aliphatic heterocycles. The van der Waals surface area contributed by atoms with E-state index in [-0.39, 0.29) is 5.41 Å². The monoisotopic (exact) mass is 427 g/mol. The van der Waals surface area contributed by atoms with E-state index in [1.807, 2.05) is 24.5 Å². The van der Waals surface area contributed by atoms with E-state index in [9.17, 15) is 5.11 Å². The summed E-state index contributed by atoms with van der Waals surface area (Å²) in [5, 5.41) is 10.1. The summed E-state index contributed by atoms with van der Waals surface area (Å²) in [6.07, 6.45) is 4.84. The quantitative estimate of drug-likeness (QED) is 0.640. The predicted octanol–water partition coefficient (Wildman–Crippen LogP) is 4.94. The van der Waals surface area contributed by atoms with Crippen LogP contribution in [0.2, 0.25) is 0 Å². The van der Waals surface area contributed by atoms with Gasteiger partial charge >= 0.3 is 0 Å². The summed E-state index contributed by atoms with van der Waals surface area (Å²) in [6, 6.07) is 21.5. The molecule has 3 heterocycles. The van der Waals surface area contributed by atoms with Crippen LogP contribution in [0.1, 0.15) is 31.4 Å². The summed E-state index contributed by atoms with van der Waals surface area (Å²) in [6.45, 7) is 10.2. The number of hydrogen-bond acceptors (Lipinski definition) is 4. The van der Waals surface area contributed by atoms with Crippen LogP contribution < -0.4 is 0 Å². The van der Waals surface area contributed by atoms with Crippen LogP contribution >= 0.6 is 0 Å². The number of fused-ring (bicyclic) bond motifs is 1. The van der Waals surface area contributed by atoms with Gasteiger partial charge in [-0.25, -0.2) is 0 Å². The maximum atomic E-state index is 10.1. The van der Waals surface area contributed by atoms with Crippen molar-refractivity contribution in [2.24, 2.45) is 5.92 Å². The van der Waals surface area contributed by atoms with Gasteiger partial charge in [0.2, 0.25) is 0 Å². The lowest BCUT2D eigenvalue weighted by Gasteiger charge is -2.53. The molecule has 0 aliphatic carbocycles. The molecule has 0 saturated carbocycles. The lowest BCUT2D eigenvalue weighted by atomic mass is 9.65. The molecule has 5 rings (SSSR count). The zero-order chi connectivity index (χ0) is 22.1. The van der Waals surface area contributed by atoms with Crippen molar-refractivity contribution in [3.8, 4) is 16.9 Å². The summed E-state index contributed by atoms with van der Waals surface area (Å²) < 4.78 is 0. The van der Waals surface area contributed by atoms with Gasteiger partial charge in [-0.05, 0) is 70.3 Å². The second-order valence-corrected chi connectivity index (χ2v) is 9.89. The molecular formula is C28H33N3O. The highest BCUT2D eigenvalue weighted by atomic mass is 16.3. The summed E-state index contributed by atoms with van der Waals surface area (Å²) in [7, 11) is 0. The molecule has 0 radical (unpaired) electrons. The molecule has 4 heteroatoms. The molecule has 1 N–H and O–H groups in total. The Bertz CT molecular complexity index is 1070. The molecule has 0 bridgehead atoms. The van der Waals surface area contributed by atoms with Crippen LogP contribution in [-0.2, 0) is 12.0 Å². The van der Waals surface area contributed by atoms with E-state index in [1.54, 1.807) is 6.07 Å². The fraction of sp³-hybridized carbons (Fsp3) is 0.393. The molecule has 1 aromatic heterocycles. The lowest BCUT2D eigenvalue weighted by molar-refractivity contribution is -0.00557. The molecule has 2 aliphatic rings. The minimum Gasteiger partial charge on any atom is -0.508 e. The minimum atomic E-state index is 0.0875. The molecule has 2 saturated heterocycles. The van der Waals surface area contributed by atoms with Gasteiger partial charge in [-0.3, -0.25) is 14.8 Å². The maximum absolute atomic E-state index is 10.1. The fourth-order valence-electron chi connectivity index (χ4n) is 5.69. The van der Waals surface area contributed by atoms with Crippen LogP contribution in [0.3, 0.4) is 0 Å². The van der Waals surface area contributed by atoms with Crippen LogP contribution in [0.15, 0.2) is 73.1 Å². The second kappa shape index (κ2) is 8.68. The molecule has 4 nitrogen and oxygen atoms in total. The van der Waals surface area contributed by atoms with Gasteiger partial charge in [-0.1, -0.05) is 44.2 Å². The SMILES string of the molecule is C[C@H]1CN2CCN(Cc3cccc(-c4ccncc4)c3)C[C@H]2C[C@@]1(C)c1cccc(O)c1. The number of aromatic nitrogens is 1. The van der Waals surface area contributed by atoms with Gasteiger partial charge in [-0.2, -0.15) is 0 Å². The van der Waals surface area contributed by atoms with Gasteiger partial charge in [-0.15, -0.1) is 0 Å². The second-order valence-electron chi connectivity index (χ2n) is 9.89. The van der Waals surface area contributed by atoms with Crippen molar-refractivity contribution < 1.29 is 5.11 Å². The predicted molar refractivity (Wildman–Crippen MR) is 130 cm³/mol. The van der Waals surface area contributed by atoms with Crippen molar-refractivity contribution in [2.75, 3.05) is 26.2 Å². The third-order valence-corrected chi connectivity index (χ3v) is 7.80. The first kappa shape index (κ1) is 21.2. The zero-order valence-electron chi connectivity index (χ0n) is 19.1. The van der Waals surface area contributed by atoms with Crippen LogP contribution in [0, 0.1) is 5.92 Å². The summed E-state index contributed by atoms with van der Waals surface area (Å²) in [4.78, 5) is 9.45. The van der Waals surface area contributed by atoms with E-state index in [4.69, 9.17) is 0 Å². The third kappa shape index (κ3) is 4.17. The topological polar surface area (TPSA) is 39.6 Å². The average molecular weight is 428 g/mol. The Morgan fingerprint density at radius 2 is 1.78 bits per heavy atom. The van der Waals surface area contributed by atoms with Crippen LogP contribution in [0.4, 0.5) is 0 Å². The number of phenolic OH excluding ortho intramolecular Hbond substituents is 1. The van der Waals surface area contributed by atoms with E-state index in [0.717, 1.165) is 39.1 Å². The number of piperidine rings is 1. The number of phenols is 1. The minimum absolute atomic E-state index is 0.0875. The highest BCUT2D eigenvalue weighted by molar-refractivity contribution is 5.63. The van der Waals surface area contributed by atoms with Crippen molar-refractivity contribution in [3.63, 3.8) is 0 Å². The first-order valence-electron chi connectivity index (χ1n) is 11.8. The van der Waals surface area contributed by atoms with E-state index < -0.39 is 0 Å². The van der Waals surface area contributed by atoms with Gasteiger partial charge in [0.05, 0.1) is 0 Å². The first-order chi connectivity index (χ1) is 15.5. The number of piperazine rings is 1. The van der Waals surface area contributed by atoms with Gasteiger partial charge in [0, 0.05) is 51.2 Å². The molecule has 166 valence electrons. The van der Waals surface area contributed by atoms with E-state index in [1.165, 1.54) is 22.3 Å². The van der Waals surface area contributed by atoms with Crippen LogP contribution in [-0.4, -0.2) is 52.1 Å². The van der Waals surface area contributed by atoms with E-state index in [2.05, 4.69) is 71.1 Å². The van der Waals surface area contributed by atoms with Gasteiger partial charge in [0.1, 0.15) is 5.75 Å². The third-order valence-electron chi connectivity index (χ3n) is 7.80. The number of rotatable bonds is 4. The van der Waals surface area contributed by atoms with Gasteiger partial charge < -0.3 is 5.11 Å². The van der Waals surface area contributed by atoms with Crippen molar-refractivity contribution >= 4 is 0 Å². The molecule has 2 fully saturated rings. The van der Waals surface area contributed by atoms with E-state index >= 15 is 0 Å². The number of pyridine rings is 1. The Kier molecular flexibility index (Phi) is 5.75. The normalized spacial score (nSPS) is 26.6. The first-order valence-corrected chi connectivity index (χ1v) is 11.8. The molecule has 0 amide bonds. The number of nitrogens with zero attached hydrogens (tertiary/aromatic N) is 3. The number of hydrogen-bond donors (Lipinski definition) is 1. The molecular weight excluding hydrogens is 394 g/mol. The molecule has 3 atom stereocenters.